The number of carbonyl (C=O) groups excluding carboxylic acids is 1. The maximum absolute atomic E-state index is 12.0. The highest BCUT2D eigenvalue weighted by Crippen LogP contribution is 2.07. The van der Waals surface area contributed by atoms with Gasteiger partial charge in [0.25, 0.3) is 0 Å². The molecule has 0 aliphatic heterocycles. The zero-order valence-electron chi connectivity index (χ0n) is 11.9. The summed E-state index contributed by atoms with van der Waals surface area (Å²) < 4.78 is 26.4. The molecule has 1 amide bonds. The number of hydrogen-bond donors (Lipinski definition) is 2. The van der Waals surface area contributed by atoms with Gasteiger partial charge in [-0.25, -0.2) is 8.42 Å². The quantitative estimate of drug-likeness (QED) is 0.717. The van der Waals surface area contributed by atoms with Crippen molar-refractivity contribution < 1.29 is 13.2 Å². The van der Waals surface area contributed by atoms with Crippen LogP contribution < -0.4 is 10.0 Å². The number of amides is 1. The molecule has 1 aromatic rings. The Balaban J connectivity index is 2.53. The van der Waals surface area contributed by atoms with Crippen LogP contribution in [0.15, 0.2) is 35.2 Å². The molecule has 1 atom stereocenters. The van der Waals surface area contributed by atoms with Crippen LogP contribution in [0.1, 0.15) is 33.1 Å². The molecule has 0 aliphatic rings. The van der Waals surface area contributed by atoms with Crippen molar-refractivity contribution in [2.45, 2.75) is 44.0 Å². The fourth-order valence-corrected chi connectivity index (χ4v) is 2.92. The van der Waals surface area contributed by atoms with E-state index < -0.39 is 16.1 Å². The van der Waals surface area contributed by atoms with Crippen LogP contribution in [0, 0.1) is 0 Å². The first-order valence-electron chi connectivity index (χ1n) is 6.82. The summed E-state index contributed by atoms with van der Waals surface area (Å²) in [5.41, 5.74) is 0. The number of benzene rings is 1. The Morgan fingerprint density at radius 3 is 2.45 bits per heavy atom. The average molecular weight is 298 g/mol. The van der Waals surface area contributed by atoms with Crippen molar-refractivity contribution in [1.82, 2.24) is 10.0 Å². The maximum Gasteiger partial charge on any atom is 0.241 e. The van der Waals surface area contributed by atoms with Gasteiger partial charge in [-0.3, -0.25) is 4.79 Å². The van der Waals surface area contributed by atoms with Crippen molar-refractivity contribution in [3.05, 3.63) is 30.3 Å². The van der Waals surface area contributed by atoms with Gasteiger partial charge in [-0.2, -0.15) is 4.72 Å². The van der Waals surface area contributed by atoms with Gasteiger partial charge in [-0.05, 0) is 25.5 Å². The van der Waals surface area contributed by atoms with Crippen molar-refractivity contribution in [3.8, 4) is 0 Å². The molecule has 0 spiro atoms. The predicted octanol–water partition coefficient (Wildman–Crippen LogP) is 1.66. The van der Waals surface area contributed by atoms with Gasteiger partial charge >= 0.3 is 0 Å². The maximum atomic E-state index is 12.0. The van der Waals surface area contributed by atoms with Gasteiger partial charge in [0.1, 0.15) is 0 Å². The van der Waals surface area contributed by atoms with Crippen LogP contribution >= 0.6 is 0 Å². The van der Waals surface area contributed by atoms with E-state index in [1.807, 2.05) is 0 Å². The Bertz CT molecular complexity index is 514. The molecule has 6 heteroatoms. The van der Waals surface area contributed by atoms with Gasteiger partial charge in [0.15, 0.2) is 0 Å². The van der Waals surface area contributed by atoms with Gasteiger partial charge in [-0.15, -0.1) is 0 Å². The SMILES string of the molecule is CCCCCNC(=O)[C@H](C)NS(=O)(=O)c1ccccc1. The molecule has 0 aliphatic carbocycles. The van der Waals surface area contributed by atoms with Crippen LogP contribution in [0.25, 0.3) is 0 Å². The molecule has 0 heterocycles. The summed E-state index contributed by atoms with van der Waals surface area (Å²) in [5.74, 6) is -0.305. The molecule has 2 N–H and O–H groups in total. The highest BCUT2D eigenvalue weighted by Gasteiger charge is 2.21. The monoisotopic (exact) mass is 298 g/mol. The van der Waals surface area contributed by atoms with Gasteiger partial charge in [0, 0.05) is 6.54 Å². The van der Waals surface area contributed by atoms with Gasteiger partial charge in [-0.1, -0.05) is 38.0 Å². The smallest absolute Gasteiger partial charge is 0.241 e. The molecule has 5 nitrogen and oxygen atoms in total. The highest BCUT2D eigenvalue weighted by molar-refractivity contribution is 7.89. The van der Waals surface area contributed by atoms with E-state index in [-0.39, 0.29) is 10.8 Å². The Kier molecular flexibility index (Phi) is 6.67. The second-order valence-electron chi connectivity index (χ2n) is 4.65. The summed E-state index contributed by atoms with van der Waals surface area (Å²) in [4.78, 5) is 11.9. The number of sulfonamides is 1. The van der Waals surface area contributed by atoms with E-state index >= 15 is 0 Å². The van der Waals surface area contributed by atoms with Crippen molar-refractivity contribution in [1.29, 1.82) is 0 Å². The molecule has 1 aromatic carbocycles. The van der Waals surface area contributed by atoms with Crippen LogP contribution in [0.5, 0.6) is 0 Å². The van der Waals surface area contributed by atoms with Crippen molar-refractivity contribution in [3.63, 3.8) is 0 Å². The van der Waals surface area contributed by atoms with Crippen molar-refractivity contribution in [2.75, 3.05) is 6.54 Å². The molecule has 1 rings (SSSR count). The van der Waals surface area contributed by atoms with Crippen LogP contribution in [-0.2, 0) is 14.8 Å². The second-order valence-corrected chi connectivity index (χ2v) is 6.37. The lowest BCUT2D eigenvalue weighted by atomic mass is 10.2. The molecule has 0 radical (unpaired) electrons. The zero-order valence-corrected chi connectivity index (χ0v) is 12.7. The van der Waals surface area contributed by atoms with E-state index in [1.165, 1.54) is 19.1 Å². The summed E-state index contributed by atoms with van der Waals surface area (Å²) in [6.45, 7) is 4.19. The number of carbonyl (C=O) groups is 1. The van der Waals surface area contributed by atoms with Crippen molar-refractivity contribution in [2.24, 2.45) is 0 Å². The summed E-state index contributed by atoms with van der Waals surface area (Å²) in [7, 11) is -3.65. The molecular formula is C14H22N2O3S. The first-order chi connectivity index (χ1) is 9.47. The van der Waals surface area contributed by atoms with E-state index in [2.05, 4.69) is 17.0 Å². The van der Waals surface area contributed by atoms with Crippen LogP contribution in [0.3, 0.4) is 0 Å². The Morgan fingerprint density at radius 2 is 1.85 bits per heavy atom. The lowest BCUT2D eigenvalue weighted by Gasteiger charge is -2.14. The van der Waals surface area contributed by atoms with E-state index in [0.29, 0.717) is 6.54 Å². The highest BCUT2D eigenvalue weighted by atomic mass is 32.2. The number of rotatable bonds is 8. The van der Waals surface area contributed by atoms with Crippen LogP contribution in [0.4, 0.5) is 0 Å². The molecule has 0 unspecified atom stereocenters. The Hall–Kier alpha value is -1.40. The minimum Gasteiger partial charge on any atom is -0.355 e. The van der Waals surface area contributed by atoms with Gasteiger partial charge in [0.05, 0.1) is 10.9 Å². The minimum atomic E-state index is -3.65. The fourth-order valence-electron chi connectivity index (χ4n) is 1.69. The number of unbranched alkanes of at least 4 members (excludes halogenated alkanes) is 2. The van der Waals surface area contributed by atoms with E-state index in [4.69, 9.17) is 0 Å². The molecule has 0 fully saturated rings. The largest absolute Gasteiger partial charge is 0.355 e. The predicted molar refractivity (Wildman–Crippen MR) is 78.8 cm³/mol. The molecule has 0 saturated heterocycles. The Morgan fingerprint density at radius 1 is 1.20 bits per heavy atom. The van der Waals surface area contributed by atoms with Crippen LogP contribution in [-0.4, -0.2) is 26.9 Å². The Labute approximate surface area is 120 Å². The summed E-state index contributed by atoms with van der Waals surface area (Å²) in [6.07, 6.45) is 3.02. The third-order valence-corrected chi connectivity index (χ3v) is 4.41. The molecule has 0 aromatic heterocycles. The third-order valence-electron chi connectivity index (χ3n) is 2.86. The third kappa shape index (κ3) is 5.30. The molecule has 112 valence electrons. The summed E-state index contributed by atoms with van der Waals surface area (Å²) in [5, 5.41) is 2.73. The summed E-state index contributed by atoms with van der Waals surface area (Å²) >= 11 is 0. The van der Waals surface area contributed by atoms with Gasteiger partial charge in [0.2, 0.25) is 15.9 Å². The van der Waals surface area contributed by atoms with E-state index in [9.17, 15) is 13.2 Å². The second kappa shape index (κ2) is 8.01. The normalized spacial score (nSPS) is 12.9. The lowest BCUT2D eigenvalue weighted by Crippen LogP contribution is -2.44. The van der Waals surface area contributed by atoms with E-state index in [0.717, 1.165) is 19.3 Å². The average Bonchev–Trinajstić information content (AvgIpc) is 2.44. The van der Waals surface area contributed by atoms with Crippen LogP contribution in [0.2, 0.25) is 0 Å². The topological polar surface area (TPSA) is 75.3 Å². The standard InChI is InChI=1S/C14H22N2O3S/c1-3-4-8-11-15-14(17)12(2)16-20(18,19)13-9-6-5-7-10-13/h5-7,9-10,12,16H,3-4,8,11H2,1-2H3,(H,15,17)/t12-/m0/s1. The molecular weight excluding hydrogens is 276 g/mol. The fraction of sp³-hybridized carbons (Fsp3) is 0.500. The molecule has 0 bridgehead atoms. The first kappa shape index (κ1) is 16.7. The zero-order chi connectivity index (χ0) is 15.0. The van der Waals surface area contributed by atoms with Crippen molar-refractivity contribution >= 4 is 15.9 Å². The number of hydrogen-bond acceptors (Lipinski definition) is 3. The minimum absolute atomic E-state index is 0.158. The summed E-state index contributed by atoms with van der Waals surface area (Å²) in [6, 6.07) is 7.22. The van der Waals surface area contributed by atoms with E-state index in [1.54, 1.807) is 18.2 Å². The first-order valence-corrected chi connectivity index (χ1v) is 8.30. The molecule has 0 saturated carbocycles. The van der Waals surface area contributed by atoms with Gasteiger partial charge < -0.3 is 5.32 Å². The molecule has 20 heavy (non-hydrogen) atoms. The lowest BCUT2D eigenvalue weighted by molar-refractivity contribution is -0.122. The number of nitrogens with one attached hydrogen (secondary N) is 2.